The summed E-state index contributed by atoms with van der Waals surface area (Å²) in [7, 11) is 0. The van der Waals surface area contributed by atoms with Crippen LogP contribution in [0.15, 0.2) is 41.3 Å². The largest absolute Gasteiger partial charge is 0.245 e. The number of hydrogen-bond acceptors (Lipinski definition) is 3. The Balaban J connectivity index is 2.36. The lowest BCUT2D eigenvalue weighted by Crippen LogP contribution is -1.87. The Hall–Kier alpha value is -1.32. The van der Waals surface area contributed by atoms with E-state index in [1.54, 1.807) is 11.8 Å². The first-order valence-corrected chi connectivity index (χ1v) is 6.77. The van der Waals surface area contributed by atoms with E-state index in [0.717, 1.165) is 22.1 Å². The van der Waals surface area contributed by atoms with E-state index < -0.39 is 0 Å². The van der Waals surface area contributed by atoms with Crippen LogP contribution in [0.3, 0.4) is 0 Å². The Morgan fingerprint density at radius 1 is 0.882 bits per heavy atom. The zero-order valence-corrected chi connectivity index (χ0v) is 10.7. The summed E-state index contributed by atoms with van der Waals surface area (Å²) in [6, 6.07) is 11.7. The molecule has 0 unspecified atom stereocenters. The second-order valence-corrected chi connectivity index (χ2v) is 5.03. The topological polar surface area (TPSA) is 25.8 Å². The van der Waals surface area contributed by atoms with Crippen molar-refractivity contribution in [1.29, 1.82) is 0 Å². The monoisotopic (exact) mass is 260 g/mol. The molecule has 0 amide bonds. The van der Waals surface area contributed by atoms with Crippen molar-refractivity contribution >= 4 is 45.4 Å². The maximum absolute atomic E-state index is 5.96. The van der Waals surface area contributed by atoms with E-state index in [1.807, 2.05) is 36.6 Å². The Morgan fingerprint density at radius 3 is 2.29 bits per heavy atom. The zero-order chi connectivity index (χ0) is 11.8. The molecule has 3 rings (SSSR count). The number of fused-ring (bicyclic) bond motifs is 2. The molecule has 0 fully saturated rings. The van der Waals surface area contributed by atoms with Crippen LogP contribution in [0.25, 0.3) is 22.1 Å². The van der Waals surface area contributed by atoms with E-state index >= 15 is 0 Å². The summed E-state index contributed by atoms with van der Waals surface area (Å²) in [6.45, 7) is 0. The van der Waals surface area contributed by atoms with Crippen molar-refractivity contribution in [3.05, 3.63) is 41.4 Å². The van der Waals surface area contributed by atoms with Gasteiger partial charge in [-0.1, -0.05) is 11.6 Å². The Kier molecular flexibility index (Phi) is 2.65. The molecule has 3 aromatic rings. The van der Waals surface area contributed by atoms with Crippen molar-refractivity contribution in [1.82, 2.24) is 9.97 Å². The van der Waals surface area contributed by atoms with Crippen LogP contribution < -0.4 is 0 Å². The van der Waals surface area contributed by atoms with E-state index in [4.69, 9.17) is 11.6 Å². The minimum absolute atomic E-state index is 0.687. The number of rotatable bonds is 1. The van der Waals surface area contributed by atoms with E-state index in [2.05, 4.69) is 16.0 Å². The molecule has 0 bridgehead atoms. The number of halogens is 1. The Labute approximate surface area is 108 Å². The van der Waals surface area contributed by atoms with Gasteiger partial charge in [-0.25, -0.2) is 9.97 Å². The van der Waals surface area contributed by atoms with E-state index in [1.165, 1.54) is 4.90 Å². The quantitative estimate of drug-likeness (QED) is 0.485. The van der Waals surface area contributed by atoms with Gasteiger partial charge in [0.15, 0.2) is 0 Å². The molecule has 0 radical (unpaired) electrons. The fourth-order valence-electron chi connectivity index (χ4n) is 1.75. The molecule has 4 heteroatoms. The highest BCUT2D eigenvalue weighted by Gasteiger charge is 2.03. The molecule has 2 aromatic carbocycles. The first-order chi connectivity index (χ1) is 8.26. The Morgan fingerprint density at radius 2 is 1.53 bits per heavy atom. The number of thioether (sulfide) groups is 1. The Bertz CT molecular complexity index is 712. The lowest BCUT2D eigenvalue weighted by molar-refractivity contribution is 1.36. The van der Waals surface area contributed by atoms with E-state index in [9.17, 15) is 0 Å². The fourth-order valence-corrected chi connectivity index (χ4v) is 2.35. The van der Waals surface area contributed by atoms with Gasteiger partial charge < -0.3 is 0 Å². The average molecular weight is 261 g/mol. The van der Waals surface area contributed by atoms with Crippen LogP contribution in [0.4, 0.5) is 0 Å². The van der Waals surface area contributed by atoms with Gasteiger partial charge in [-0.3, -0.25) is 0 Å². The van der Waals surface area contributed by atoms with Gasteiger partial charge in [0.1, 0.15) is 0 Å². The van der Waals surface area contributed by atoms with E-state index in [0.29, 0.717) is 5.02 Å². The van der Waals surface area contributed by atoms with Gasteiger partial charge in [-0.05, 0) is 42.7 Å². The third kappa shape index (κ3) is 1.96. The summed E-state index contributed by atoms with van der Waals surface area (Å²) in [5.41, 5.74) is 3.53. The van der Waals surface area contributed by atoms with Crippen molar-refractivity contribution in [2.24, 2.45) is 0 Å². The summed E-state index contributed by atoms with van der Waals surface area (Å²) < 4.78 is 0. The van der Waals surface area contributed by atoms with Crippen molar-refractivity contribution in [2.75, 3.05) is 6.26 Å². The van der Waals surface area contributed by atoms with Gasteiger partial charge in [0, 0.05) is 9.92 Å². The van der Waals surface area contributed by atoms with Gasteiger partial charge in [0.25, 0.3) is 0 Å². The fraction of sp³-hybridized carbons (Fsp3) is 0.0769. The third-order valence-corrected chi connectivity index (χ3v) is 3.56. The lowest BCUT2D eigenvalue weighted by atomic mass is 10.2. The predicted molar refractivity (Wildman–Crippen MR) is 73.8 cm³/mol. The number of benzene rings is 2. The molecule has 1 heterocycles. The SMILES string of the molecule is CSc1ccc2nc3ccc(Cl)cc3nc2c1. The number of hydrogen-bond donors (Lipinski definition) is 0. The van der Waals surface area contributed by atoms with Crippen LogP contribution in [0.2, 0.25) is 5.02 Å². The summed E-state index contributed by atoms with van der Waals surface area (Å²) in [4.78, 5) is 10.3. The molecule has 2 nitrogen and oxygen atoms in total. The molecule has 0 saturated heterocycles. The first kappa shape index (κ1) is 10.8. The van der Waals surface area contributed by atoms with Crippen LogP contribution in [-0.2, 0) is 0 Å². The second-order valence-electron chi connectivity index (χ2n) is 3.71. The maximum Gasteiger partial charge on any atom is 0.0909 e. The molecule has 84 valence electrons. The highest BCUT2D eigenvalue weighted by atomic mass is 35.5. The van der Waals surface area contributed by atoms with Crippen molar-refractivity contribution in [3.8, 4) is 0 Å². The summed E-state index contributed by atoms with van der Waals surface area (Å²) in [6.07, 6.45) is 2.05. The highest BCUT2D eigenvalue weighted by molar-refractivity contribution is 7.98. The number of aromatic nitrogens is 2. The highest BCUT2D eigenvalue weighted by Crippen LogP contribution is 2.23. The summed E-state index contributed by atoms with van der Waals surface area (Å²) in [5, 5.41) is 0.687. The third-order valence-electron chi connectivity index (χ3n) is 2.60. The molecule has 1 aromatic heterocycles. The van der Waals surface area contributed by atoms with Gasteiger partial charge in [-0.15, -0.1) is 11.8 Å². The summed E-state index contributed by atoms with van der Waals surface area (Å²) in [5.74, 6) is 0. The molecule has 0 spiro atoms. The van der Waals surface area contributed by atoms with Crippen LogP contribution in [0.1, 0.15) is 0 Å². The molecule has 0 N–H and O–H groups in total. The second kappa shape index (κ2) is 4.17. The van der Waals surface area contributed by atoms with Crippen molar-refractivity contribution in [3.63, 3.8) is 0 Å². The zero-order valence-electron chi connectivity index (χ0n) is 9.14. The van der Waals surface area contributed by atoms with Crippen LogP contribution in [0.5, 0.6) is 0 Å². The van der Waals surface area contributed by atoms with Crippen LogP contribution in [0, 0.1) is 0 Å². The molecule has 17 heavy (non-hydrogen) atoms. The standard InChI is InChI=1S/C13H9ClN2S/c1-17-9-3-5-11-13(7-9)16-12-6-8(14)2-4-10(12)15-11/h2-7H,1H3. The molecular weight excluding hydrogens is 252 g/mol. The van der Waals surface area contributed by atoms with Crippen LogP contribution >= 0.6 is 23.4 Å². The van der Waals surface area contributed by atoms with E-state index in [-0.39, 0.29) is 0 Å². The minimum atomic E-state index is 0.687. The smallest absolute Gasteiger partial charge is 0.0909 e. The van der Waals surface area contributed by atoms with Gasteiger partial charge >= 0.3 is 0 Å². The average Bonchev–Trinajstić information content (AvgIpc) is 2.35. The van der Waals surface area contributed by atoms with Crippen molar-refractivity contribution in [2.45, 2.75) is 4.90 Å². The van der Waals surface area contributed by atoms with Crippen LogP contribution in [-0.4, -0.2) is 16.2 Å². The molecule has 0 saturated carbocycles. The lowest BCUT2D eigenvalue weighted by Gasteiger charge is -2.02. The van der Waals surface area contributed by atoms with Gasteiger partial charge in [-0.2, -0.15) is 0 Å². The first-order valence-electron chi connectivity index (χ1n) is 5.17. The predicted octanol–water partition coefficient (Wildman–Crippen LogP) is 4.16. The molecule has 0 aliphatic heterocycles. The minimum Gasteiger partial charge on any atom is -0.245 e. The normalized spacial score (nSPS) is 11.2. The number of nitrogens with zero attached hydrogens (tertiary/aromatic N) is 2. The van der Waals surface area contributed by atoms with Crippen molar-refractivity contribution < 1.29 is 0 Å². The van der Waals surface area contributed by atoms with Gasteiger partial charge in [0.2, 0.25) is 0 Å². The molecular formula is C13H9ClN2S. The maximum atomic E-state index is 5.96. The molecule has 0 aliphatic rings. The summed E-state index contributed by atoms with van der Waals surface area (Å²) >= 11 is 7.65. The molecule has 0 atom stereocenters. The molecule has 0 aliphatic carbocycles. The van der Waals surface area contributed by atoms with Gasteiger partial charge in [0.05, 0.1) is 22.1 Å².